The number of fused-ring (bicyclic) bond motifs is 1. The Bertz CT molecular complexity index is 924. The van der Waals surface area contributed by atoms with Gasteiger partial charge in [-0.2, -0.15) is 0 Å². The highest BCUT2D eigenvalue weighted by molar-refractivity contribution is 14.0. The molecule has 9 heteroatoms. The zero-order valence-corrected chi connectivity index (χ0v) is 19.2. The number of carbonyl (C=O) groups is 1. The number of hydrogen-bond donors (Lipinski definition) is 2. The van der Waals surface area contributed by atoms with E-state index in [0.717, 1.165) is 18.5 Å². The van der Waals surface area contributed by atoms with Gasteiger partial charge in [-0.1, -0.05) is 18.2 Å². The molecule has 1 aromatic heterocycles. The molecule has 7 nitrogen and oxygen atoms in total. The van der Waals surface area contributed by atoms with E-state index in [1.807, 2.05) is 28.0 Å². The standard InChI is InChI=1S/C21H25FN6O.HI/c1-23-21(25-13-19(29)28-12-8-15-5-2-3-7-18(15)28)26-16-9-11-27(14-16)20-17(22)6-4-10-24-20;/h2-7,10,16H,8-9,11-14H2,1H3,(H2,23,25,26);1H. The van der Waals surface area contributed by atoms with Gasteiger partial charge in [-0.3, -0.25) is 9.79 Å². The second-order valence-electron chi connectivity index (χ2n) is 7.23. The number of guanidine groups is 1. The van der Waals surface area contributed by atoms with Gasteiger partial charge < -0.3 is 20.4 Å². The molecule has 1 saturated heterocycles. The van der Waals surface area contributed by atoms with Crippen LogP contribution in [-0.2, 0) is 11.2 Å². The molecule has 30 heavy (non-hydrogen) atoms. The molecule has 1 aromatic carbocycles. The highest BCUT2D eigenvalue weighted by Gasteiger charge is 2.27. The number of nitrogens with one attached hydrogen (secondary N) is 2. The number of amides is 1. The fourth-order valence-electron chi connectivity index (χ4n) is 3.92. The van der Waals surface area contributed by atoms with E-state index in [1.54, 1.807) is 19.3 Å². The second-order valence-corrected chi connectivity index (χ2v) is 7.23. The van der Waals surface area contributed by atoms with Crippen LogP contribution in [0.15, 0.2) is 47.6 Å². The van der Waals surface area contributed by atoms with Gasteiger partial charge in [0.05, 0.1) is 6.54 Å². The van der Waals surface area contributed by atoms with Crippen molar-refractivity contribution in [1.29, 1.82) is 0 Å². The lowest BCUT2D eigenvalue weighted by molar-refractivity contribution is -0.117. The van der Waals surface area contributed by atoms with Gasteiger partial charge in [0.2, 0.25) is 5.91 Å². The number of rotatable bonds is 4. The van der Waals surface area contributed by atoms with Gasteiger partial charge in [-0.25, -0.2) is 9.37 Å². The number of benzene rings is 1. The Kier molecular flexibility index (Phi) is 7.46. The summed E-state index contributed by atoms with van der Waals surface area (Å²) in [5.41, 5.74) is 2.20. The molecule has 160 valence electrons. The number of anilines is 2. The summed E-state index contributed by atoms with van der Waals surface area (Å²) in [4.78, 5) is 24.8. The van der Waals surface area contributed by atoms with Gasteiger partial charge in [0, 0.05) is 44.6 Å². The van der Waals surface area contributed by atoms with E-state index in [0.29, 0.717) is 31.4 Å². The van der Waals surface area contributed by atoms with E-state index in [1.165, 1.54) is 11.6 Å². The normalized spacial score (nSPS) is 18.1. The van der Waals surface area contributed by atoms with Crippen LogP contribution in [0.1, 0.15) is 12.0 Å². The van der Waals surface area contributed by atoms with E-state index < -0.39 is 0 Å². The summed E-state index contributed by atoms with van der Waals surface area (Å²) in [5, 5.41) is 6.44. The molecule has 0 spiro atoms. The van der Waals surface area contributed by atoms with Crippen LogP contribution >= 0.6 is 24.0 Å². The first-order valence-electron chi connectivity index (χ1n) is 9.86. The van der Waals surface area contributed by atoms with Crippen molar-refractivity contribution in [3.05, 3.63) is 54.0 Å². The highest BCUT2D eigenvalue weighted by Crippen LogP contribution is 2.27. The van der Waals surface area contributed by atoms with E-state index >= 15 is 0 Å². The number of carbonyl (C=O) groups excluding carboxylic acids is 1. The molecule has 1 fully saturated rings. The zero-order chi connectivity index (χ0) is 20.2. The number of halogens is 2. The third kappa shape index (κ3) is 4.82. The molecule has 1 atom stereocenters. The summed E-state index contributed by atoms with van der Waals surface area (Å²) in [7, 11) is 1.68. The fraction of sp³-hybridized carbons (Fsp3) is 0.381. The first-order valence-corrected chi connectivity index (χ1v) is 9.86. The summed E-state index contributed by atoms with van der Waals surface area (Å²) in [6.45, 7) is 2.21. The van der Waals surface area contributed by atoms with Crippen LogP contribution in [0, 0.1) is 5.82 Å². The Morgan fingerprint density at radius 3 is 2.90 bits per heavy atom. The minimum Gasteiger partial charge on any atom is -0.352 e. The number of aromatic nitrogens is 1. The number of para-hydroxylation sites is 1. The van der Waals surface area contributed by atoms with Crippen LogP contribution in [-0.4, -0.2) is 56.1 Å². The van der Waals surface area contributed by atoms with Crippen molar-refractivity contribution in [3.63, 3.8) is 0 Å². The average Bonchev–Trinajstić information content (AvgIpc) is 3.38. The maximum atomic E-state index is 14.0. The predicted octanol–water partition coefficient (Wildman–Crippen LogP) is 2.17. The van der Waals surface area contributed by atoms with Crippen molar-refractivity contribution in [1.82, 2.24) is 15.6 Å². The maximum Gasteiger partial charge on any atom is 0.246 e. The van der Waals surface area contributed by atoms with Crippen LogP contribution in [0.2, 0.25) is 0 Å². The lowest BCUT2D eigenvalue weighted by Crippen LogP contribution is -2.48. The topological polar surface area (TPSA) is 72.9 Å². The number of nitrogens with zero attached hydrogens (tertiary/aromatic N) is 4. The van der Waals surface area contributed by atoms with Crippen molar-refractivity contribution in [3.8, 4) is 0 Å². The molecule has 3 heterocycles. The van der Waals surface area contributed by atoms with Crippen molar-refractivity contribution in [2.75, 3.05) is 43.0 Å². The maximum absolute atomic E-state index is 14.0. The Morgan fingerprint density at radius 2 is 2.10 bits per heavy atom. The molecular formula is C21H26FIN6O. The smallest absolute Gasteiger partial charge is 0.246 e. The van der Waals surface area contributed by atoms with Gasteiger partial charge in [-0.05, 0) is 36.6 Å². The second kappa shape index (κ2) is 10.1. The molecule has 1 unspecified atom stereocenters. The lowest BCUT2D eigenvalue weighted by atomic mass is 10.2. The quantitative estimate of drug-likeness (QED) is 0.365. The summed E-state index contributed by atoms with van der Waals surface area (Å²) in [6, 6.07) is 11.1. The first-order chi connectivity index (χ1) is 14.2. The third-order valence-corrected chi connectivity index (χ3v) is 5.39. The van der Waals surface area contributed by atoms with Crippen molar-refractivity contribution < 1.29 is 9.18 Å². The molecular weight excluding hydrogens is 498 g/mol. The Labute approximate surface area is 192 Å². The van der Waals surface area contributed by atoms with E-state index in [2.05, 4.69) is 26.7 Å². The Morgan fingerprint density at radius 1 is 1.27 bits per heavy atom. The minimum absolute atomic E-state index is 0. The van der Waals surface area contributed by atoms with Crippen LogP contribution in [0.3, 0.4) is 0 Å². The van der Waals surface area contributed by atoms with Gasteiger partial charge >= 0.3 is 0 Å². The van der Waals surface area contributed by atoms with Crippen LogP contribution < -0.4 is 20.4 Å². The van der Waals surface area contributed by atoms with Gasteiger partial charge in [0.15, 0.2) is 17.6 Å². The highest BCUT2D eigenvalue weighted by atomic mass is 127. The van der Waals surface area contributed by atoms with Crippen LogP contribution in [0.25, 0.3) is 0 Å². The fourth-order valence-corrected chi connectivity index (χ4v) is 3.92. The molecule has 0 aliphatic carbocycles. The predicted molar refractivity (Wildman–Crippen MR) is 127 cm³/mol. The summed E-state index contributed by atoms with van der Waals surface area (Å²) in [6.07, 6.45) is 3.32. The third-order valence-electron chi connectivity index (χ3n) is 5.39. The van der Waals surface area contributed by atoms with Crippen molar-refractivity contribution >= 4 is 47.3 Å². The largest absolute Gasteiger partial charge is 0.352 e. The van der Waals surface area contributed by atoms with Crippen molar-refractivity contribution in [2.45, 2.75) is 18.9 Å². The van der Waals surface area contributed by atoms with Crippen LogP contribution in [0.5, 0.6) is 0 Å². The van der Waals surface area contributed by atoms with E-state index in [4.69, 9.17) is 0 Å². The Hall–Kier alpha value is -2.43. The van der Waals surface area contributed by atoms with E-state index in [-0.39, 0.29) is 48.3 Å². The molecule has 0 radical (unpaired) electrons. The molecule has 2 aliphatic rings. The van der Waals surface area contributed by atoms with Crippen LogP contribution in [0.4, 0.5) is 15.9 Å². The van der Waals surface area contributed by atoms with Crippen molar-refractivity contribution in [2.24, 2.45) is 4.99 Å². The molecule has 2 aliphatic heterocycles. The number of aliphatic imine (C=N–C) groups is 1. The first kappa shape index (κ1) is 22.3. The monoisotopic (exact) mass is 524 g/mol. The number of pyridine rings is 1. The summed E-state index contributed by atoms with van der Waals surface area (Å²) < 4.78 is 14.0. The average molecular weight is 524 g/mol. The zero-order valence-electron chi connectivity index (χ0n) is 16.8. The molecule has 0 saturated carbocycles. The van der Waals surface area contributed by atoms with Gasteiger partial charge in [-0.15, -0.1) is 24.0 Å². The molecule has 2 N–H and O–H groups in total. The minimum atomic E-state index is -0.313. The summed E-state index contributed by atoms with van der Waals surface area (Å²) in [5.74, 6) is 0.649. The molecule has 4 rings (SSSR count). The summed E-state index contributed by atoms with van der Waals surface area (Å²) >= 11 is 0. The van der Waals surface area contributed by atoms with E-state index in [9.17, 15) is 9.18 Å². The van der Waals surface area contributed by atoms with Gasteiger partial charge in [0.25, 0.3) is 0 Å². The lowest BCUT2D eigenvalue weighted by Gasteiger charge is -2.21. The Balaban J connectivity index is 0.00000256. The molecule has 2 aromatic rings. The molecule has 1 amide bonds. The SMILES string of the molecule is CN=C(NCC(=O)N1CCc2ccccc21)NC1CCN(c2ncccc2F)C1.I. The molecule has 0 bridgehead atoms. The number of hydrogen-bond acceptors (Lipinski definition) is 4. The van der Waals surface area contributed by atoms with Gasteiger partial charge in [0.1, 0.15) is 0 Å².